The molecule has 15 heteroatoms. The summed E-state index contributed by atoms with van der Waals surface area (Å²) in [7, 11) is 3.83. The fourth-order valence-electron chi connectivity index (χ4n) is 4.94. The van der Waals surface area contributed by atoms with Crippen LogP contribution in [0.5, 0.6) is 0 Å². The molecule has 250 valence electrons. The van der Waals surface area contributed by atoms with Crippen molar-refractivity contribution in [3.8, 4) is 34.4 Å². The van der Waals surface area contributed by atoms with Gasteiger partial charge in [0, 0.05) is 56.3 Å². The van der Waals surface area contributed by atoms with E-state index in [2.05, 4.69) is 50.8 Å². The van der Waals surface area contributed by atoms with Crippen molar-refractivity contribution in [1.82, 2.24) is 60.4 Å². The number of hydrogen-bond donors (Lipinski definition) is 0. The predicted octanol–water partition coefficient (Wildman–Crippen LogP) is 5.91. The molecule has 6 heterocycles. The standard InChI is InChI=1S/C18H14FN7.C18H15N7/c1-25(14-5-4-7-20-12-14)15-9-13(19)10-16(11-15)26-23-18(22-24-26)17-6-2-3-8-21-17;1-24(16-8-5-10-19-13-16)14-6-4-7-15(12-14)25-22-18(21-23-25)17-9-2-3-11-20-17/h2-12H,1H3;2-13H,1H3. The highest BCUT2D eigenvalue weighted by Gasteiger charge is 2.13. The lowest BCUT2D eigenvalue weighted by molar-refractivity contribution is 0.621. The van der Waals surface area contributed by atoms with E-state index in [1.807, 2.05) is 103 Å². The summed E-state index contributed by atoms with van der Waals surface area (Å²) >= 11 is 0. The first-order chi connectivity index (χ1) is 25.0. The fraction of sp³-hybridized carbons (Fsp3) is 0.0556. The average molecular weight is 677 g/mol. The van der Waals surface area contributed by atoms with Crippen LogP contribution in [0.4, 0.5) is 27.1 Å². The molecule has 14 nitrogen and oxygen atoms in total. The van der Waals surface area contributed by atoms with Gasteiger partial charge in [-0.15, -0.1) is 30.0 Å². The summed E-state index contributed by atoms with van der Waals surface area (Å²) in [5.41, 5.74) is 6.06. The quantitative estimate of drug-likeness (QED) is 0.189. The van der Waals surface area contributed by atoms with Crippen molar-refractivity contribution in [2.45, 2.75) is 0 Å². The Morgan fingerprint density at radius 1 is 0.510 bits per heavy atom. The predicted molar refractivity (Wildman–Crippen MR) is 189 cm³/mol. The molecule has 0 bridgehead atoms. The lowest BCUT2D eigenvalue weighted by Crippen LogP contribution is -2.11. The number of hydrogen-bond acceptors (Lipinski definition) is 12. The second-order valence-corrected chi connectivity index (χ2v) is 11.0. The van der Waals surface area contributed by atoms with E-state index in [0.717, 1.165) is 22.7 Å². The Morgan fingerprint density at radius 2 is 1.06 bits per heavy atom. The lowest BCUT2D eigenvalue weighted by atomic mass is 10.2. The molecule has 0 radical (unpaired) electrons. The largest absolute Gasteiger partial charge is 0.343 e. The second kappa shape index (κ2) is 14.9. The maximum absolute atomic E-state index is 14.2. The van der Waals surface area contributed by atoms with Crippen LogP contribution in [-0.2, 0) is 0 Å². The Bertz CT molecular complexity index is 2320. The molecule has 0 spiro atoms. The minimum absolute atomic E-state index is 0.372. The Morgan fingerprint density at radius 3 is 1.61 bits per heavy atom. The van der Waals surface area contributed by atoms with Crippen molar-refractivity contribution < 1.29 is 4.39 Å². The van der Waals surface area contributed by atoms with Gasteiger partial charge in [0.1, 0.15) is 17.2 Å². The number of aromatic nitrogens is 12. The van der Waals surface area contributed by atoms with E-state index < -0.39 is 5.82 Å². The summed E-state index contributed by atoms with van der Waals surface area (Å²) < 4.78 is 14.2. The van der Waals surface area contributed by atoms with Crippen LogP contribution in [0.15, 0.2) is 140 Å². The van der Waals surface area contributed by atoms with E-state index in [1.165, 1.54) is 21.7 Å². The van der Waals surface area contributed by atoms with Crippen LogP contribution in [0.1, 0.15) is 0 Å². The fourth-order valence-corrected chi connectivity index (χ4v) is 4.94. The summed E-state index contributed by atoms with van der Waals surface area (Å²) in [5.74, 6) is 0.466. The van der Waals surface area contributed by atoms with Gasteiger partial charge in [-0.1, -0.05) is 18.2 Å². The molecule has 0 aliphatic carbocycles. The van der Waals surface area contributed by atoms with Gasteiger partial charge in [0.2, 0.25) is 11.6 Å². The number of rotatable bonds is 8. The molecular weight excluding hydrogens is 647 g/mol. The van der Waals surface area contributed by atoms with Crippen molar-refractivity contribution in [2.75, 3.05) is 23.9 Å². The third kappa shape index (κ3) is 7.57. The zero-order chi connectivity index (χ0) is 35.0. The Hall–Kier alpha value is -7.29. The van der Waals surface area contributed by atoms with Gasteiger partial charge in [-0.3, -0.25) is 19.9 Å². The number of anilines is 4. The van der Waals surface area contributed by atoms with Crippen LogP contribution >= 0.6 is 0 Å². The van der Waals surface area contributed by atoms with Gasteiger partial charge in [-0.05, 0) is 89.3 Å². The zero-order valence-electron chi connectivity index (χ0n) is 27.4. The van der Waals surface area contributed by atoms with Crippen LogP contribution in [0.2, 0.25) is 0 Å². The molecule has 51 heavy (non-hydrogen) atoms. The van der Waals surface area contributed by atoms with Crippen molar-refractivity contribution in [2.24, 2.45) is 0 Å². The molecule has 0 N–H and O–H groups in total. The summed E-state index contributed by atoms with van der Waals surface area (Å²) in [6.07, 6.45) is 10.3. The molecule has 2 aromatic carbocycles. The molecule has 0 aliphatic heterocycles. The molecule has 0 fully saturated rings. The van der Waals surface area contributed by atoms with Crippen LogP contribution in [0, 0.1) is 5.82 Å². The van der Waals surface area contributed by atoms with Crippen LogP contribution in [0.25, 0.3) is 34.4 Å². The van der Waals surface area contributed by atoms with Crippen molar-refractivity contribution in [3.05, 3.63) is 146 Å². The molecule has 0 amide bonds. The van der Waals surface area contributed by atoms with E-state index in [9.17, 15) is 4.39 Å². The normalized spacial score (nSPS) is 10.6. The van der Waals surface area contributed by atoms with Crippen molar-refractivity contribution in [3.63, 3.8) is 0 Å². The molecule has 8 aromatic rings. The molecule has 0 unspecified atom stereocenters. The second-order valence-electron chi connectivity index (χ2n) is 11.0. The van der Waals surface area contributed by atoms with Crippen molar-refractivity contribution >= 4 is 22.7 Å². The SMILES string of the molecule is CN(c1cccnc1)c1cc(F)cc(-n2nnc(-c3ccccn3)n2)c1.CN(c1cccnc1)c1cccc(-n2nnc(-c3ccccn3)n2)c1. The molecule has 0 aliphatic rings. The lowest BCUT2D eigenvalue weighted by Gasteiger charge is -2.19. The third-order valence-corrected chi connectivity index (χ3v) is 7.62. The summed E-state index contributed by atoms with van der Waals surface area (Å²) in [6.45, 7) is 0. The van der Waals surface area contributed by atoms with Crippen LogP contribution < -0.4 is 9.80 Å². The maximum Gasteiger partial charge on any atom is 0.223 e. The molecule has 6 aromatic heterocycles. The number of nitrogens with zero attached hydrogens (tertiary/aromatic N) is 14. The smallest absolute Gasteiger partial charge is 0.223 e. The molecule has 0 saturated heterocycles. The van der Waals surface area contributed by atoms with Gasteiger partial charge in [0.15, 0.2) is 0 Å². The van der Waals surface area contributed by atoms with E-state index in [4.69, 9.17) is 0 Å². The minimum Gasteiger partial charge on any atom is -0.343 e. The number of tetrazole rings is 2. The molecular formula is C36H29FN14. The van der Waals surface area contributed by atoms with E-state index in [1.54, 1.807) is 49.2 Å². The maximum atomic E-state index is 14.2. The monoisotopic (exact) mass is 676 g/mol. The highest BCUT2D eigenvalue weighted by Crippen LogP contribution is 2.27. The topological polar surface area (TPSA) is 145 Å². The van der Waals surface area contributed by atoms with E-state index in [0.29, 0.717) is 34.4 Å². The summed E-state index contributed by atoms with van der Waals surface area (Å²) in [4.78, 5) is 23.4. The third-order valence-electron chi connectivity index (χ3n) is 7.62. The van der Waals surface area contributed by atoms with Gasteiger partial charge in [0.25, 0.3) is 0 Å². The summed E-state index contributed by atoms with van der Waals surface area (Å²) in [5, 5.41) is 25.0. The van der Waals surface area contributed by atoms with Crippen molar-refractivity contribution in [1.29, 1.82) is 0 Å². The van der Waals surface area contributed by atoms with E-state index >= 15 is 0 Å². The number of benzene rings is 2. The Balaban J connectivity index is 0.000000159. The zero-order valence-corrected chi connectivity index (χ0v) is 27.4. The number of pyridine rings is 4. The Labute approximate surface area is 291 Å². The highest BCUT2D eigenvalue weighted by molar-refractivity contribution is 5.65. The van der Waals surface area contributed by atoms with Gasteiger partial charge in [-0.25, -0.2) is 4.39 Å². The van der Waals surface area contributed by atoms with E-state index in [-0.39, 0.29) is 0 Å². The van der Waals surface area contributed by atoms with Gasteiger partial charge < -0.3 is 9.80 Å². The number of halogens is 1. The molecule has 0 atom stereocenters. The Kier molecular flexibility index (Phi) is 9.40. The highest BCUT2D eigenvalue weighted by atomic mass is 19.1. The first-order valence-corrected chi connectivity index (χ1v) is 15.6. The average Bonchev–Trinajstić information content (AvgIpc) is 3.91. The molecule has 8 rings (SSSR count). The minimum atomic E-state index is -0.398. The van der Waals surface area contributed by atoms with Gasteiger partial charge >= 0.3 is 0 Å². The summed E-state index contributed by atoms with van der Waals surface area (Å²) in [6, 6.07) is 31.1. The van der Waals surface area contributed by atoms with Crippen LogP contribution in [0.3, 0.4) is 0 Å². The molecule has 0 saturated carbocycles. The van der Waals surface area contributed by atoms with Crippen LogP contribution in [-0.4, -0.2) is 74.4 Å². The first-order valence-electron chi connectivity index (χ1n) is 15.6. The van der Waals surface area contributed by atoms with Gasteiger partial charge in [-0.2, -0.15) is 0 Å². The first kappa shape index (κ1) is 32.3. The van der Waals surface area contributed by atoms with Gasteiger partial charge in [0.05, 0.1) is 35.1 Å².